The van der Waals surface area contributed by atoms with Crippen LogP contribution in [0.25, 0.3) is 0 Å². The van der Waals surface area contributed by atoms with Crippen LogP contribution in [0.4, 0.5) is 0 Å². The summed E-state index contributed by atoms with van der Waals surface area (Å²) < 4.78 is 5.81. The summed E-state index contributed by atoms with van der Waals surface area (Å²) in [5, 5.41) is 3.28. The molecular formula is C27H29ClN2O3. The Labute approximate surface area is 200 Å². The zero-order chi connectivity index (χ0) is 23.8. The highest BCUT2D eigenvalue weighted by Crippen LogP contribution is 2.19. The average molecular weight is 465 g/mol. The smallest absolute Gasteiger partial charge is 0.261 e. The van der Waals surface area contributed by atoms with Crippen LogP contribution in [0.15, 0.2) is 72.8 Å². The fraction of sp³-hybridized carbons (Fsp3) is 0.259. The number of nitrogens with one attached hydrogen (secondary N) is 1. The molecule has 3 aromatic rings. The Morgan fingerprint density at radius 3 is 2.33 bits per heavy atom. The van der Waals surface area contributed by atoms with Crippen LogP contribution in [0.1, 0.15) is 22.3 Å². The van der Waals surface area contributed by atoms with Crippen LogP contribution < -0.4 is 10.1 Å². The van der Waals surface area contributed by atoms with E-state index in [9.17, 15) is 9.59 Å². The molecule has 0 aliphatic carbocycles. The number of benzene rings is 3. The van der Waals surface area contributed by atoms with Crippen molar-refractivity contribution < 1.29 is 14.3 Å². The number of hydrogen-bond acceptors (Lipinski definition) is 3. The number of likely N-dealkylation sites (N-methyl/N-ethyl adjacent to an activating group) is 1. The monoisotopic (exact) mass is 464 g/mol. The third kappa shape index (κ3) is 6.83. The van der Waals surface area contributed by atoms with Crippen LogP contribution in [-0.2, 0) is 22.6 Å². The van der Waals surface area contributed by atoms with Crippen molar-refractivity contribution >= 4 is 23.4 Å². The van der Waals surface area contributed by atoms with E-state index in [1.54, 1.807) is 24.1 Å². The van der Waals surface area contributed by atoms with Gasteiger partial charge in [-0.3, -0.25) is 9.59 Å². The lowest BCUT2D eigenvalue weighted by atomic mass is 10.0. The fourth-order valence-electron chi connectivity index (χ4n) is 3.58. The van der Waals surface area contributed by atoms with Gasteiger partial charge < -0.3 is 15.0 Å². The SMILES string of the molecule is CNC(=O)C(Cc1ccccc1)N(Cc1cccc(Cl)c1)C(=O)COc1ccc(C)c(C)c1. The molecule has 1 unspecified atom stereocenters. The predicted molar refractivity (Wildman–Crippen MR) is 131 cm³/mol. The molecule has 1 atom stereocenters. The summed E-state index contributed by atoms with van der Waals surface area (Å²) in [4.78, 5) is 27.9. The van der Waals surface area contributed by atoms with E-state index < -0.39 is 6.04 Å². The maximum Gasteiger partial charge on any atom is 0.261 e. The minimum absolute atomic E-state index is 0.175. The van der Waals surface area contributed by atoms with Gasteiger partial charge in [-0.15, -0.1) is 0 Å². The van der Waals surface area contributed by atoms with Crippen LogP contribution in [0.2, 0.25) is 5.02 Å². The van der Waals surface area contributed by atoms with Gasteiger partial charge in [0.1, 0.15) is 11.8 Å². The summed E-state index contributed by atoms with van der Waals surface area (Å²) in [6.45, 7) is 4.08. The van der Waals surface area contributed by atoms with Crippen molar-refractivity contribution in [1.82, 2.24) is 10.2 Å². The summed E-state index contributed by atoms with van der Waals surface area (Å²) in [5.41, 5.74) is 4.04. The Morgan fingerprint density at radius 2 is 1.67 bits per heavy atom. The van der Waals surface area contributed by atoms with E-state index in [0.29, 0.717) is 17.2 Å². The molecule has 0 heterocycles. The number of hydrogen-bond donors (Lipinski definition) is 1. The van der Waals surface area contributed by atoms with Gasteiger partial charge in [-0.05, 0) is 60.4 Å². The van der Waals surface area contributed by atoms with Crippen LogP contribution in [0.5, 0.6) is 5.75 Å². The molecule has 3 rings (SSSR count). The number of nitrogens with zero attached hydrogens (tertiary/aromatic N) is 1. The van der Waals surface area contributed by atoms with Gasteiger partial charge in [0.2, 0.25) is 5.91 Å². The summed E-state index contributed by atoms with van der Waals surface area (Å²) in [6.07, 6.45) is 0.385. The molecule has 0 aliphatic heterocycles. The molecule has 5 nitrogen and oxygen atoms in total. The van der Waals surface area contributed by atoms with E-state index in [0.717, 1.165) is 22.3 Å². The van der Waals surface area contributed by atoms with Gasteiger partial charge in [0.25, 0.3) is 5.91 Å². The summed E-state index contributed by atoms with van der Waals surface area (Å²) in [5.74, 6) is 0.104. The molecule has 172 valence electrons. The van der Waals surface area contributed by atoms with Gasteiger partial charge >= 0.3 is 0 Å². The molecule has 0 radical (unpaired) electrons. The Kier molecular flexibility index (Phi) is 8.50. The lowest BCUT2D eigenvalue weighted by molar-refractivity contribution is -0.142. The van der Waals surface area contributed by atoms with E-state index in [2.05, 4.69) is 5.32 Å². The molecule has 0 saturated heterocycles. The second kappa shape index (κ2) is 11.5. The van der Waals surface area contributed by atoms with Crippen molar-refractivity contribution in [3.63, 3.8) is 0 Å². The lowest BCUT2D eigenvalue weighted by Gasteiger charge is -2.31. The van der Waals surface area contributed by atoms with Gasteiger partial charge in [-0.2, -0.15) is 0 Å². The minimum atomic E-state index is -0.702. The van der Waals surface area contributed by atoms with E-state index in [1.165, 1.54) is 0 Å². The van der Waals surface area contributed by atoms with Crippen LogP contribution >= 0.6 is 11.6 Å². The number of aryl methyl sites for hydroxylation is 2. The van der Waals surface area contributed by atoms with Crippen molar-refractivity contribution in [3.8, 4) is 5.75 Å². The first kappa shape index (κ1) is 24.3. The number of carbonyl (C=O) groups excluding carboxylic acids is 2. The quantitative estimate of drug-likeness (QED) is 0.498. The molecule has 0 spiro atoms. The summed E-state index contributed by atoms with van der Waals surface area (Å²) in [7, 11) is 1.58. The Balaban J connectivity index is 1.87. The fourth-order valence-corrected chi connectivity index (χ4v) is 3.80. The predicted octanol–water partition coefficient (Wildman–Crippen LogP) is 4.72. The van der Waals surface area contributed by atoms with E-state index in [-0.39, 0.29) is 25.0 Å². The second-order valence-corrected chi connectivity index (χ2v) is 8.44. The highest BCUT2D eigenvalue weighted by atomic mass is 35.5. The second-order valence-electron chi connectivity index (χ2n) is 8.01. The first-order valence-corrected chi connectivity index (χ1v) is 11.2. The van der Waals surface area contributed by atoms with E-state index in [1.807, 2.05) is 74.5 Å². The molecule has 0 aromatic heterocycles. The highest BCUT2D eigenvalue weighted by molar-refractivity contribution is 6.30. The number of rotatable bonds is 9. The molecule has 0 fully saturated rings. The summed E-state index contributed by atoms with van der Waals surface area (Å²) in [6, 6.07) is 22.0. The van der Waals surface area contributed by atoms with Crippen molar-refractivity contribution in [3.05, 3.63) is 100 Å². The normalized spacial score (nSPS) is 11.5. The molecule has 1 N–H and O–H groups in total. The Morgan fingerprint density at radius 1 is 0.939 bits per heavy atom. The molecule has 33 heavy (non-hydrogen) atoms. The lowest BCUT2D eigenvalue weighted by Crippen LogP contribution is -2.51. The van der Waals surface area contributed by atoms with Crippen LogP contribution in [0, 0.1) is 13.8 Å². The van der Waals surface area contributed by atoms with Gasteiger partial charge in [-0.25, -0.2) is 0 Å². The molecule has 0 saturated carbocycles. The molecule has 3 aromatic carbocycles. The van der Waals surface area contributed by atoms with Crippen LogP contribution in [-0.4, -0.2) is 36.4 Å². The average Bonchev–Trinajstić information content (AvgIpc) is 2.82. The molecular weight excluding hydrogens is 436 g/mol. The van der Waals surface area contributed by atoms with E-state index >= 15 is 0 Å². The van der Waals surface area contributed by atoms with Gasteiger partial charge in [0.05, 0.1) is 0 Å². The molecule has 2 amide bonds. The van der Waals surface area contributed by atoms with Gasteiger partial charge in [0.15, 0.2) is 6.61 Å². The summed E-state index contributed by atoms with van der Waals surface area (Å²) >= 11 is 6.17. The van der Waals surface area contributed by atoms with Gasteiger partial charge in [0, 0.05) is 25.0 Å². The first-order chi connectivity index (χ1) is 15.9. The first-order valence-electron chi connectivity index (χ1n) is 10.9. The highest BCUT2D eigenvalue weighted by Gasteiger charge is 2.30. The van der Waals surface area contributed by atoms with Crippen molar-refractivity contribution in [2.45, 2.75) is 32.9 Å². The number of carbonyl (C=O) groups is 2. The number of halogens is 1. The number of amides is 2. The Hall–Kier alpha value is -3.31. The maximum absolute atomic E-state index is 13.4. The maximum atomic E-state index is 13.4. The van der Waals surface area contributed by atoms with Crippen LogP contribution in [0.3, 0.4) is 0 Å². The van der Waals surface area contributed by atoms with E-state index in [4.69, 9.17) is 16.3 Å². The largest absolute Gasteiger partial charge is 0.484 e. The standard InChI is InChI=1S/C27H29ClN2O3/c1-19-12-13-24(14-20(19)2)33-18-26(31)30(17-22-10-7-11-23(28)15-22)25(27(32)29-3)16-21-8-5-4-6-9-21/h4-15,25H,16-18H2,1-3H3,(H,29,32). The van der Waals surface area contributed by atoms with Crippen molar-refractivity contribution in [2.75, 3.05) is 13.7 Å². The third-order valence-corrected chi connectivity index (χ3v) is 5.84. The topological polar surface area (TPSA) is 58.6 Å². The molecule has 0 aliphatic rings. The Bertz CT molecular complexity index is 1100. The molecule has 6 heteroatoms. The zero-order valence-electron chi connectivity index (χ0n) is 19.2. The van der Waals surface area contributed by atoms with Crippen molar-refractivity contribution in [1.29, 1.82) is 0 Å². The van der Waals surface area contributed by atoms with Crippen molar-refractivity contribution in [2.24, 2.45) is 0 Å². The molecule has 0 bridgehead atoms. The zero-order valence-corrected chi connectivity index (χ0v) is 19.9. The number of ether oxygens (including phenoxy) is 1. The van der Waals surface area contributed by atoms with Gasteiger partial charge in [-0.1, -0.05) is 60.1 Å². The third-order valence-electron chi connectivity index (χ3n) is 5.60. The minimum Gasteiger partial charge on any atom is -0.484 e.